The second kappa shape index (κ2) is 33.5. The molecule has 0 spiro atoms. The molecule has 70 heavy (non-hydrogen) atoms. The maximum Gasteiger partial charge on any atom is 0.326 e. The van der Waals surface area contributed by atoms with Crippen molar-refractivity contribution in [3.8, 4) is 0 Å². The maximum absolute atomic E-state index is 13.0. The fourth-order valence-electron chi connectivity index (χ4n) is 5.48. The van der Waals surface area contributed by atoms with Gasteiger partial charge in [0.2, 0.25) is 53.2 Å². The number of nitrogens with two attached hydrogens (primary N) is 2. The molecule has 33 heteroatoms. The summed E-state index contributed by atoms with van der Waals surface area (Å²) in [4.78, 5) is 171. The van der Waals surface area contributed by atoms with E-state index in [9.17, 15) is 87.5 Å². The van der Waals surface area contributed by atoms with Gasteiger partial charge in [0.25, 0.3) is 0 Å². The molecule has 0 aromatic rings. The summed E-state index contributed by atoms with van der Waals surface area (Å²) in [5.74, 6) is -17.7. The molecular weight excluding hydrogens is 1020 g/mol. The molecule has 0 saturated carbocycles. The molecule has 0 fully saturated rings. The van der Waals surface area contributed by atoms with Gasteiger partial charge in [0.05, 0.1) is 0 Å². The van der Waals surface area contributed by atoms with Crippen LogP contribution in [-0.4, -0.2) is 186 Å². The van der Waals surface area contributed by atoms with Crippen molar-refractivity contribution in [2.45, 2.75) is 119 Å². The molecule has 0 aliphatic carbocycles. The van der Waals surface area contributed by atoms with Crippen molar-refractivity contribution < 1.29 is 92.7 Å². The van der Waals surface area contributed by atoms with Gasteiger partial charge in [-0.3, -0.25) is 47.9 Å². The number of rotatable bonds is 36. The van der Waals surface area contributed by atoms with E-state index in [-0.39, 0.29) is 37.2 Å². The molecule has 0 aliphatic rings. The number of nitrogens with one attached hydrogen (secondary N) is 8. The number of hydrogen-bond acceptors (Lipinski definition) is 19. The van der Waals surface area contributed by atoms with Gasteiger partial charge in [-0.25, -0.2) is 19.2 Å². The van der Waals surface area contributed by atoms with Crippen LogP contribution >= 0.6 is 50.5 Å². The largest absolute Gasteiger partial charge is 0.480 e. The number of thiol groups is 4. The Kier molecular flexibility index (Phi) is 30.6. The van der Waals surface area contributed by atoms with Gasteiger partial charge >= 0.3 is 29.8 Å². The smallest absolute Gasteiger partial charge is 0.326 e. The lowest BCUT2D eigenvalue weighted by atomic mass is 10.1. The van der Waals surface area contributed by atoms with Crippen LogP contribution in [-0.2, 0) is 67.1 Å². The minimum atomic E-state index is -1.77. The number of amides is 9. The third-order valence-electron chi connectivity index (χ3n) is 9.45. The van der Waals surface area contributed by atoms with Gasteiger partial charge < -0.3 is 79.5 Å². The molecule has 9 unspecified atom stereocenters. The summed E-state index contributed by atoms with van der Waals surface area (Å²) in [5, 5.41) is 64.7. The number of carboxylic acids is 5. The number of carbonyl (C=O) groups excluding carboxylic acids is 9. The van der Waals surface area contributed by atoms with Crippen LogP contribution in [0.4, 0.5) is 0 Å². The third kappa shape index (κ3) is 25.5. The van der Waals surface area contributed by atoms with Crippen LogP contribution in [0.25, 0.3) is 0 Å². The highest BCUT2D eigenvalue weighted by atomic mass is 32.1. The monoisotopic (exact) mass is 1070 g/mol. The molecule has 0 aromatic carbocycles. The Labute approximate surface area is 420 Å². The molecule has 0 heterocycles. The second-order valence-corrected chi connectivity index (χ2v) is 16.4. The zero-order chi connectivity index (χ0) is 53.8. The summed E-state index contributed by atoms with van der Waals surface area (Å²) >= 11 is 15.9. The van der Waals surface area contributed by atoms with Gasteiger partial charge in [-0.15, -0.1) is 0 Å². The lowest BCUT2D eigenvalue weighted by Gasteiger charge is -2.22. The van der Waals surface area contributed by atoms with Crippen molar-refractivity contribution in [1.29, 1.82) is 0 Å². The molecule has 29 nitrogen and oxygen atoms in total. The molecule has 394 valence electrons. The first-order valence-electron chi connectivity index (χ1n) is 20.7. The number of aliphatic carboxylic acids is 5. The van der Waals surface area contributed by atoms with Gasteiger partial charge in [0, 0.05) is 55.1 Å². The second-order valence-electron chi connectivity index (χ2n) is 14.9. The summed E-state index contributed by atoms with van der Waals surface area (Å²) in [6.07, 6.45) is -4.89. The molecule has 9 atom stereocenters. The van der Waals surface area contributed by atoms with Crippen LogP contribution in [0.3, 0.4) is 0 Å². The standard InChI is InChI=1S/C37H58N10O19S4/c38-15(33(57)58)1-7-25(49)40-20(11-67)30(54)45-17(35(61)62)3-9-27(51)42-22(13-69)32(56)47-19(37(65)66)5-10-28(52)43-23(14-70)31(55)46-18(36(63)64)4-8-26(50)41-21(12-68)29(53)44-16(34(59)60)2-6-24(39)48/h15-23,67-70H,1-14,38H2,(H2,39,48)(H,40,49)(H,41,50)(H,42,51)(H,43,52)(H,44,53)(H,45,54)(H,46,55)(H,47,56)(H,57,58)(H,59,60)(H,61,62)(H,63,64)(H,65,66). The first-order valence-corrected chi connectivity index (χ1v) is 23.2. The van der Waals surface area contributed by atoms with Crippen molar-refractivity contribution in [2.75, 3.05) is 23.0 Å². The van der Waals surface area contributed by atoms with Crippen molar-refractivity contribution in [3.05, 3.63) is 0 Å². The van der Waals surface area contributed by atoms with Gasteiger partial charge in [-0.1, -0.05) is 0 Å². The van der Waals surface area contributed by atoms with E-state index in [0.29, 0.717) is 0 Å². The van der Waals surface area contributed by atoms with Gasteiger partial charge in [0.15, 0.2) is 0 Å². The van der Waals surface area contributed by atoms with E-state index in [1.807, 2.05) is 0 Å². The van der Waals surface area contributed by atoms with Crippen LogP contribution in [0.15, 0.2) is 0 Å². The Balaban J connectivity index is 5.34. The molecule has 9 amide bonds. The van der Waals surface area contributed by atoms with Gasteiger partial charge in [0.1, 0.15) is 54.4 Å². The van der Waals surface area contributed by atoms with Gasteiger partial charge in [-0.2, -0.15) is 50.5 Å². The zero-order valence-corrected chi connectivity index (χ0v) is 40.6. The zero-order valence-electron chi connectivity index (χ0n) is 37.0. The summed E-state index contributed by atoms with van der Waals surface area (Å²) in [6, 6.07) is -13.9. The molecule has 0 bridgehead atoms. The molecule has 0 saturated heterocycles. The predicted molar refractivity (Wildman–Crippen MR) is 252 cm³/mol. The minimum Gasteiger partial charge on any atom is -0.480 e. The Morgan fingerprint density at radius 1 is 0.329 bits per heavy atom. The van der Waals surface area contributed by atoms with E-state index in [1.165, 1.54) is 0 Å². The summed E-state index contributed by atoms with van der Waals surface area (Å²) in [6.45, 7) is 0. The van der Waals surface area contributed by atoms with Crippen LogP contribution in [0.2, 0.25) is 0 Å². The van der Waals surface area contributed by atoms with Crippen molar-refractivity contribution in [2.24, 2.45) is 11.5 Å². The summed E-state index contributed by atoms with van der Waals surface area (Å²) in [7, 11) is 0. The average Bonchev–Trinajstić information content (AvgIpc) is 3.29. The number of hydrogen-bond donors (Lipinski definition) is 19. The first-order chi connectivity index (χ1) is 32.7. The molecule has 0 rings (SSSR count). The predicted octanol–water partition coefficient (Wildman–Crippen LogP) is -6.28. The normalized spacial score (nSPS) is 14.6. The fourth-order valence-corrected chi connectivity index (χ4v) is 6.51. The summed E-state index contributed by atoms with van der Waals surface area (Å²) in [5.41, 5.74) is 10.4. The Morgan fingerprint density at radius 3 is 0.729 bits per heavy atom. The van der Waals surface area contributed by atoms with E-state index in [1.54, 1.807) is 0 Å². The molecular formula is C37H58N10O19S4. The molecule has 17 N–H and O–H groups in total. The van der Waals surface area contributed by atoms with Crippen LogP contribution < -0.4 is 54.0 Å². The van der Waals surface area contributed by atoms with E-state index >= 15 is 0 Å². The topological polar surface area (TPSA) is 488 Å². The highest BCUT2D eigenvalue weighted by Gasteiger charge is 2.32. The molecule has 0 aromatic heterocycles. The Morgan fingerprint density at radius 2 is 0.543 bits per heavy atom. The van der Waals surface area contributed by atoms with E-state index in [4.69, 9.17) is 16.6 Å². The SMILES string of the molecule is NC(=O)CCC(NC(=O)C(CS)NC(=O)CCC(NC(=O)C(CS)NC(=O)CCC(NC(=O)C(CS)NC(=O)CCC(NC(=O)C(CS)NC(=O)CCC(N)C(=O)O)C(=O)O)C(=O)O)C(=O)O)C(=O)O. The molecule has 0 aliphatic heterocycles. The number of carbonyl (C=O) groups is 14. The summed E-state index contributed by atoms with van der Waals surface area (Å²) < 4.78 is 0. The average molecular weight is 1080 g/mol. The lowest BCUT2D eigenvalue weighted by molar-refractivity contribution is -0.143. The molecule has 0 radical (unpaired) electrons. The van der Waals surface area contributed by atoms with Crippen LogP contribution in [0, 0.1) is 0 Å². The number of primary amides is 1. The third-order valence-corrected chi connectivity index (χ3v) is 10.9. The van der Waals surface area contributed by atoms with Crippen molar-refractivity contribution in [1.82, 2.24) is 42.5 Å². The maximum atomic E-state index is 13.0. The van der Waals surface area contributed by atoms with E-state index < -0.39 is 187 Å². The number of carboxylic acid groups (broad SMARTS) is 5. The van der Waals surface area contributed by atoms with E-state index in [0.717, 1.165) is 0 Å². The lowest BCUT2D eigenvalue weighted by Crippen LogP contribution is -2.54. The highest BCUT2D eigenvalue weighted by Crippen LogP contribution is 2.07. The van der Waals surface area contributed by atoms with Crippen LogP contribution in [0.1, 0.15) is 64.2 Å². The van der Waals surface area contributed by atoms with Crippen LogP contribution in [0.5, 0.6) is 0 Å². The fraction of sp³-hybridized carbons (Fsp3) is 0.622. The Hall–Kier alpha value is -6.06. The van der Waals surface area contributed by atoms with Gasteiger partial charge in [-0.05, 0) is 32.1 Å². The quantitative estimate of drug-likeness (QED) is 0.0260. The highest BCUT2D eigenvalue weighted by molar-refractivity contribution is 7.80. The van der Waals surface area contributed by atoms with Crippen molar-refractivity contribution >= 4 is 134 Å². The first kappa shape index (κ1) is 63.9. The van der Waals surface area contributed by atoms with E-state index in [2.05, 4.69) is 93.0 Å². The minimum absolute atomic E-state index is 0.262. The Bertz CT molecular complexity index is 1940. The van der Waals surface area contributed by atoms with Crippen molar-refractivity contribution in [3.63, 3.8) is 0 Å².